The van der Waals surface area contributed by atoms with Crippen LogP contribution in [-0.4, -0.2) is 9.97 Å². The monoisotopic (exact) mass is 274 g/mol. The molecule has 1 aromatic carbocycles. The molecule has 3 N–H and O–H groups in total. The topological polar surface area (TPSA) is 77.0 Å². The summed E-state index contributed by atoms with van der Waals surface area (Å²) in [6.45, 7) is 3.86. The molecule has 0 radical (unpaired) electrons. The second kappa shape index (κ2) is 4.55. The molecule has 19 heavy (non-hydrogen) atoms. The van der Waals surface area contributed by atoms with Crippen molar-refractivity contribution in [3.63, 3.8) is 0 Å². The lowest BCUT2D eigenvalue weighted by Crippen LogP contribution is -2.08. The zero-order valence-electron chi connectivity index (χ0n) is 10.7. The summed E-state index contributed by atoms with van der Waals surface area (Å²) in [5.41, 5.74) is 10.3. The average Bonchev–Trinajstić information content (AvgIpc) is 3.01. The smallest absolute Gasteiger partial charge is 0.216 e. The Labute approximate surface area is 114 Å². The lowest BCUT2D eigenvalue weighted by atomic mass is 10.2. The fraction of sp³-hybridized carbons (Fsp3) is 0.231. The average molecular weight is 274 g/mol. The van der Waals surface area contributed by atoms with Crippen LogP contribution in [0.25, 0.3) is 10.2 Å². The van der Waals surface area contributed by atoms with Crippen molar-refractivity contribution in [1.82, 2.24) is 9.97 Å². The molecule has 0 aliphatic heterocycles. The second-order valence-electron chi connectivity index (χ2n) is 4.40. The van der Waals surface area contributed by atoms with E-state index in [1.807, 2.05) is 26.0 Å². The van der Waals surface area contributed by atoms with Gasteiger partial charge in [-0.15, -0.1) is 11.3 Å². The third-order valence-corrected chi connectivity index (χ3v) is 3.72. The zero-order chi connectivity index (χ0) is 13.4. The Hall–Kier alpha value is -2.08. The Morgan fingerprint density at radius 3 is 2.95 bits per heavy atom. The van der Waals surface area contributed by atoms with Gasteiger partial charge in [-0.25, -0.2) is 9.97 Å². The third-order valence-electron chi connectivity index (χ3n) is 2.92. The second-order valence-corrected chi connectivity index (χ2v) is 5.29. The van der Waals surface area contributed by atoms with Gasteiger partial charge in [0.05, 0.1) is 27.8 Å². The summed E-state index contributed by atoms with van der Waals surface area (Å²) in [5.74, 6) is 1.45. The van der Waals surface area contributed by atoms with Crippen LogP contribution in [0.15, 0.2) is 28.3 Å². The van der Waals surface area contributed by atoms with Crippen LogP contribution in [0.3, 0.4) is 0 Å². The van der Waals surface area contributed by atoms with Gasteiger partial charge in [-0.1, -0.05) is 0 Å². The normalized spacial score (nSPS) is 12.7. The summed E-state index contributed by atoms with van der Waals surface area (Å²) in [7, 11) is 0. The highest BCUT2D eigenvalue weighted by atomic mass is 32.1. The van der Waals surface area contributed by atoms with Gasteiger partial charge < -0.3 is 15.5 Å². The molecule has 0 spiro atoms. The van der Waals surface area contributed by atoms with Gasteiger partial charge in [0, 0.05) is 0 Å². The summed E-state index contributed by atoms with van der Waals surface area (Å²) >= 11 is 1.58. The summed E-state index contributed by atoms with van der Waals surface area (Å²) in [4.78, 5) is 8.49. The zero-order valence-corrected chi connectivity index (χ0v) is 11.5. The summed E-state index contributed by atoms with van der Waals surface area (Å²) < 4.78 is 6.59. The molecule has 1 unspecified atom stereocenters. The van der Waals surface area contributed by atoms with Gasteiger partial charge in [-0.05, 0) is 26.0 Å². The van der Waals surface area contributed by atoms with E-state index in [0.717, 1.165) is 21.7 Å². The van der Waals surface area contributed by atoms with Crippen molar-refractivity contribution in [3.05, 3.63) is 35.5 Å². The van der Waals surface area contributed by atoms with Crippen molar-refractivity contribution in [2.75, 3.05) is 11.1 Å². The number of hydrogen-bond donors (Lipinski definition) is 2. The number of thiazole rings is 1. The molecule has 0 amide bonds. The predicted octanol–water partition coefficient (Wildman–Crippen LogP) is 3.35. The molecule has 0 bridgehead atoms. The fourth-order valence-electron chi connectivity index (χ4n) is 1.95. The minimum Gasteiger partial charge on any atom is -0.444 e. The molecule has 98 valence electrons. The van der Waals surface area contributed by atoms with E-state index in [2.05, 4.69) is 15.3 Å². The number of fused-ring (bicyclic) bond motifs is 1. The number of hydrogen-bond acceptors (Lipinski definition) is 6. The van der Waals surface area contributed by atoms with Gasteiger partial charge in [-0.2, -0.15) is 0 Å². The van der Waals surface area contributed by atoms with Crippen molar-refractivity contribution < 1.29 is 4.42 Å². The number of anilines is 2. The first-order chi connectivity index (χ1) is 9.15. The number of nitrogen functional groups attached to an aromatic ring is 1. The number of rotatable bonds is 3. The largest absolute Gasteiger partial charge is 0.444 e. The fourth-order valence-corrected chi connectivity index (χ4v) is 2.64. The maximum atomic E-state index is 6.13. The highest BCUT2D eigenvalue weighted by molar-refractivity contribution is 7.16. The first kappa shape index (κ1) is 12.0. The van der Waals surface area contributed by atoms with Crippen LogP contribution in [0.5, 0.6) is 0 Å². The van der Waals surface area contributed by atoms with E-state index in [-0.39, 0.29) is 6.04 Å². The maximum absolute atomic E-state index is 6.13. The number of benzene rings is 1. The van der Waals surface area contributed by atoms with Gasteiger partial charge in [0.25, 0.3) is 0 Å². The molecule has 3 rings (SSSR count). The SMILES string of the molecule is Cc1cnc(C(C)Nc2ccc3scnc3c2N)o1. The first-order valence-electron chi connectivity index (χ1n) is 5.95. The molecule has 0 aliphatic rings. The number of aromatic nitrogens is 2. The van der Waals surface area contributed by atoms with Crippen LogP contribution in [-0.2, 0) is 0 Å². The van der Waals surface area contributed by atoms with Crippen LogP contribution in [0.2, 0.25) is 0 Å². The molecular formula is C13H14N4OS. The summed E-state index contributed by atoms with van der Waals surface area (Å²) in [6, 6.07) is 3.92. The van der Waals surface area contributed by atoms with E-state index < -0.39 is 0 Å². The van der Waals surface area contributed by atoms with E-state index >= 15 is 0 Å². The molecule has 6 heteroatoms. The van der Waals surface area contributed by atoms with Gasteiger partial charge in [0.15, 0.2) is 0 Å². The molecule has 0 aliphatic carbocycles. The first-order valence-corrected chi connectivity index (χ1v) is 6.83. The molecule has 0 saturated carbocycles. The Balaban J connectivity index is 1.90. The number of nitrogens with two attached hydrogens (primary N) is 1. The number of oxazole rings is 1. The molecule has 3 aromatic rings. The van der Waals surface area contributed by atoms with Gasteiger partial charge >= 0.3 is 0 Å². The van der Waals surface area contributed by atoms with Crippen LogP contribution < -0.4 is 11.1 Å². The Bertz CT molecular complexity index is 718. The van der Waals surface area contributed by atoms with Crippen LogP contribution in [0.4, 0.5) is 11.4 Å². The van der Waals surface area contributed by atoms with Crippen molar-refractivity contribution in [1.29, 1.82) is 0 Å². The van der Waals surface area contributed by atoms with Crippen molar-refractivity contribution in [2.45, 2.75) is 19.9 Å². The minimum absolute atomic E-state index is 0.0490. The van der Waals surface area contributed by atoms with Crippen molar-refractivity contribution in [3.8, 4) is 0 Å². The maximum Gasteiger partial charge on any atom is 0.216 e. The molecular weight excluding hydrogens is 260 g/mol. The molecule has 5 nitrogen and oxygen atoms in total. The van der Waals surface area contributed by atoms with Crippen LogP contribution >= 0.6 is 11.3 Å². The highest BCUT2D eigenvalue weighted by Gasteiger charge is 2.14. The Morgan fingerprint density at radius 2 is 2.21 bits per heavy atom. The van der Waals surface area contributed by atoms with Crippen LogP contribution in [0, 0.1) is 6.92 Å². The quantitative estimate of drug-likeness (QED) is 0.716. The molecule has 2 heterocycles. The van der Waals surface area contributed by atoms with E-state index in [1.54, 1.807) is 23.0 Å². The summed E-state index contributed by atoms with van der Waals surface area (Å²) in [5, 5.41) is 3.31. The number of aryl methyl sites for hydroxylation is 1. The summed E-state index contributed by atoms with van der Waals surface area (Å²) in [6.07, 6.45) is 1.71. The van der Waals surface area contributed by atoms with Gasteiger partial charge in [0.1, 0.15) is 17.3 Å². The number of nitrogens with one attached hydrogen (secondary N) is 1. The predicted molar refractivity (Wildman–Crippen MR) is 77.3 cm³/mol. The lowest BCUT2D eigenvalue weighted by Gasteiger charge is -2.14. The van der Waals surface area contributed by atoms with E-state index in [0.29, 0.717) is 11.6 Å². The van der Waals surface area contributed by atoms with Gasteiger partial charge in [0.2, 0.25) is 5.89 Å². The van der Waals surface area contributed by atoms with Crippen LogP contribution in [0.1, 0.15) is 24.6 Å². The minimum atomic E-state index is -0.0490. The molecule has 2 aromatic heterocycles. The molecule has 0 saturated heterocycles. The highest BCUT2D eigenvalue weighted by Crippen LogP contribution is 2.32. The third kappa shape index (κ3) is 2.15. The van der Waals surface area contributed by atoms with Gasteiger partial charge in [-0.3, -0.25) is 0 Å². The van der Waals surface area contributed by atoms with E-state index in [9.17, 15) is 0 Å². The van der Waals surface area contributed by atoms with E-state index in [1.165, 1.54) is 0 Å². The Kier molecular flexibility index (Phi) is 2.87. The molecule has 0 fully saturated rings. The van der Waals surface area contributed by atoms with Crippen molar-refractivity contribution >= 4 is 32.9 Å². The number of nitrogens with zero attached hydrogens (tertiary/aromatic N) is 2. The Morgan fingerprint density at radius 1 is 1.37 bits per heavy atom. The standard InChI is InChI=1S/C13H14N4OS/c1-7-5-15-13(18-7)8(2)17-9-3-4-10-12(11(9)14)16-6-19-10/h3-6,8,17H,14H2,1-2H3. The van der Waals surface area contributed by atoms with E-state index in [4.69, 9.17) is 10.2 Å². The van der Waals surface area contributed by atoms with Crippen molar-refractivity contribution in [2.24, 2.45) is 0 Å². The molecule has 1 atom stereocenters. The lowest BCUT2D eigenvalue weighted by molar-refractivity contribution is 0.454.